The smallest absolute Gasteiger partial charge is 0.260 e. The van der Waals surface area contributed by atoms with Gasteiger partial charge in [-0.15, -0.1) is 0 Å². The van der Waals surface area contributed by atoms with Crippen LogP contribution < -0.4 is 10.1 Å². The highest BCUT2D eigenvalue weighted by molar-refractivity contribution is 5.80. The number of para-hydroxylation sites is 1. The quantitative estimate of drug-likeness (QED) is 0.768. The normalized spacial score (nSPS) is 13.6. The lowest BCUT2D eigenvalue weighted by Crippen LogP contribution is -2.39. The number of ether oxygens (including phenoxy) is 1. The Morgan fingerprint density at radius 1 is 1.45 bits per heavy atom. The molecule has 0 heterocycles. The van der Waals surface area contributed by atoms with E-state index in [1.54, 1.807) is 19.1 Å². The van der Waals surface area contributed by atoms with Crippen LogP contribution in [0.25, 0.3) is 0 Å². The second-order valence-corrected chi connectivity index (χ2v) is 4.72. The van der Waals surface area contributed by atoms with Crippen LogP contribution in [0.15, 0.2) is 24.3 Å². The molecule has 2 atom stereocenters. The third-order valence-electron chi connectivity index (χ3n) is 3.19. The van der Waals surface area contributed by atoms with Crippen molar-refractivity contribution in [1.82, 2.24) is 5.32 Å². The molecule has 1 amide bonds. The average Bonchev–Trinajstić information content (AvgIpc) is 2.45. The molecule has 0 aromatic heterocycles. The molecule has 1 rings (SSSR count). The van der Waals surface area contributed by atoms with Gasteiger partial charge in [0, 0.05) is 13.2 Å². The van der Waals surface area contributed by atoms with Gasteiger partial charge in [0.25, 0.3) is 5.91 Å². The molecule has 0 radical (unpaired) electrons. The predicted octanol–water partition coefficient (Wildman–Crippen LogP) is 2.12. The molecule has 0 aliphatic rings. The van der Waals surface area contributed by atoms with E-state index in [9.17, 15) is 9.18 Å². The first-order valence-electron chi connectivity index (χ1n) is 6.88. The molecule has 0 saturated heterocycles. The van der Waals surface area contributed by atoms with E-state index in [1.165, 1.54) is 12.1 Å². The zero-order chi connectivity index (χ0) is 15.0. The molecule has 1 aromatic rings. The van der Waals surface area contributed by atoms with Crippen molar-refractivity contribution in [3.05, 3.63) is 30.1 Å². The minimum atomic E-state index is -0.765. The van der Waals surface area contributed by atoms with E-state index in [0.29, 0.717) is 13.0 Å². The Kier molecular flexibility index (Phi) is 7.01. The molecular weight excluding hydrogens is 261 g/mol. The Balaban J connectivity index is 2.45. The molecule has 0 aliphatic heterocycles. The molecule has 4 nitrogen and oxygen atoms in total. The molecule has 20 heavy (non-hydrogen) atoms. The van der Waals surface area contributed by atoms with Gasteiger partial charge in [0.2, 0.25) is 0 Å². The van der Waals surface area contributed by atoms with Crippen molar-refractivity contribution in [2.24, 2.45) is 5.92 Å². The van der Waals surface area contributed by atoms with Gasteiger partial charge < -0.3 is 15.2 Å². The number of amides is 1. The highest BCUT2D eigenvalue weighted by atomic mass is 19.1. The van der Waals surface area contributed by atoms with Crippen molar-refractivity contribution in [2.45, 2.75) is 32.8 Å². The Hall–Kier alpha value is -1.62. The first-order chi connectivity index (χ1) is 9.58. The lowest BCUT2D eigenvalue weighted by Gasteiger charge is -2.18. The lowest BCUT2D eigenvalue weighted by atomic mass is 10.0. The average molecular weight is 283 g/mol. The van der Waals surface area contributed by atoms with Crippen molar-refractivity contribution in [3.8, 4) is 5.75 Å². The second-order valence-electron chi connectivity index (χ2n) is 4.72. The molecule has 0 aliphatic carbocycles. The van der Waals surface area contributed by atoms with E-state index in [1.807, 2.05) is 6.92 Å². The number of nitrogens with one attached hydrogen (secondary N) is 1. The van der Waals surface area contributed by atoms with Crippen LogP contribution in [0.2, 0.25) is 0 Å². The van der Waals surface area contributed by atoms with Crippen molar-refractivity contribution in [2.75, 3.05) is 13.2 Å². The van der Waals surface area contributed by atoms with Gasteiger partial charge in [-0.05, 0) is 31.4 Å². The number of rotatable bonds is 8. The Bertz CT molecular complexity index is 425. The number of carbonyl (C=O) groups excluding carboxylic acids is 1. The van der Waals surface area contributed by atoms with Crippen molar-refractivity contribution >= 4 is 5.91 Å². The minimum Gasteiger partial charge on any atom is -0.478 e. The minimum absolute atomic E-state index is 0.0672. The van der Waals surface area contributed by atoms with E-state index in [4.69, 9.17) is 9.84 Å². The number of hydrogen-bond acceptors (Lipinski definition) is 3. The van der Waals surface area contributed by atoms with Crippen LogP contribution in [-0.2, 0) is 4.79 Å². The van der Waals surface area contributed by atoms with Crippen LogP contribution in [-0.4, -0.2) is 30.3 Å². The van der Waals surface area contributed by atoms with E-state index >= 15 is 0 Å². The first-order valence-corrected chi connectivity index (χ1v) is 6.88. The summed E-state index contributed by atoms with van der Waals surface area (Å²) in [5.41, 5.74) is 0. The summed E-state index contributed by atoms with van der Waals surface area (Å²) in [6, 6.07) is 5.99. The van der Waals surface area contributed by atoms with Crippen molar-refractivity contribution in [3.63, 3.8) is 0 Å². The summed E-state index contributed by atoms with van der Waals surface area (Å²) in [5.74, 6) is -0.467. The summed E-state index contributed by atoms with van der Waals surface area (Å²) >= 11 is 0. The molecule has 112 valence electrons. The highest BCUT2D eigenvalue weighted by Gasteiger charge is 2.17. The fourth-order valence-corrected chi connectivity index (χ4v) is 1.81. The fourth-order valence-electron chi connectivity index (χ4n) is 1.81. The van der Waals surface area contributed by atoms with E-state index in [0.717, 1.165) is 6.42 Å². The maximum absolute atomic E-state index is 13.4. The van der Waals surface area contributed by atoms with Gasteiger partial charge in [-0.1, -0.05) is 25.5 Å². The van der Waals surface area contributed by atoms with Crippen LogP contribution >= 0.6 is 0 Å². The van der Waals surface area contributed by atoms with Gasteiger partial charge >= 0.3 is 0 Å². The molecule has 0 spiro atoms. The van der Waals surface area contributed by atoms with Crippen LogP contribution in [0.5, 0.6) is 5.75 Å². The zero-order valence-electron chi connectivity index (χ0n) is 11.9. The maximum Gasteiger partial charge on any atom is 0.260 e. The van der Waals surface area contributed by atoms with Crippen LogP contribution in [0.3, 0.4) is 0 Å². The van der Waals surface area contributed by atoms with Crippen LogP contribution in [0.4, 0.5) is 4.39 Å². The SMILES string of the molecule is CCC(CCO)CNC(=O)C(C)Oc1ccccc1F. The predicted molar refractivity (Wildman–Crippen MR) is 75.0 cm³/mol. The molecule has 1 aromatic carbocycles. The van der Waals surface area contributed by atoms with E-state index in [-0.39, 0.29) is 24.2 Å². The van der Waals surface area contributed by atoms with Crippen LogP contribution in [0, 0.1) is 11.7 Å². The van der Waals surface area contributed by atoms with Gasteiger partial charge in [0.1, 0.15) is 0 Å². The number of hydrogen-bond donors (Lipinski definition) is 2. The molecule has 2 unspecified atom stereocenters. The number of carbonyl (C=O) groups is 1. The number of halogens is 1. The third-order valence-corrected chi connectivity index (χ3v) is 3.19. The topological polar surface area (TPSA) is 58.6 Å². The summed E-state index contributed by atoms with van der Waals surface area (Å²) in [4.78, 5) is 11.9. The molecule has 5 heteroatoms. The van der Waals surface area contributed by atoms with Crippen molar-refractivity contribution < 1.29 is 19.0 Å². The molecule has 0 bridgehead atoms. The molecular formula is C15H22FNO3. The molecule has 0 fully saturated rings. The van der Waals surface area contributed by atoms with E-state index < -0.39 is 11.9 Å². The van der Waals surface area contributed by atoms with Gasteiger partial charge in [0.15, 0.2) is 17.7 Å². The fraction of sp³-hybridized carbons (Fsp3) is 0.533. The number of aliphatic hydroxyl groups excluding tert-OH is 1. The van der Waals surface area contributed by atoms with Gasteiger partial charge in [-0.25, -0.2) is 4.39 Å². The second kappa shape index (κ2) is 8.53. The van der Waals surface area contributed by atoms with Crippen molar-refractivity contribution in [1.29, 1.82) is 0 Å². The summed E-state index contributed by atoms with van der Waals surface area (Å²) in [6.45, 7) is 4.18. The third kappa shape index (κ3) is 5.17. The van der Waals surface area contributed by atoms with Crippen LogP contribution in [0.1, 0.15) is 26.7 Å². The molecule has 0 saturated carbocycles. The first kappa shape index (κ1) is 16.4. The Labute approximate surface area is 119 Å². The lowest BCUT2D eigenvalue weighted by molar-refractivity contribution is -0.127. The number of aliphatic hydroxyl groups is 1. The largest absolute Gasteiger partial charge is 0.478 e. The maximum atomic E-state index is 13.4. The Morgan fingerprint density at radius 3 is 2.75 bits per heavy atom. The summed E-state index contributed by atoms with van der Waals surface area (Å²) < 4.78 is 18.7. The van der Waals surface area contributed by atoms with E-state index in [2.05, 4.69) is 5.32 Å². The zero-order valence-corrected chi connectivity index (χ0v) is 11.9. The summed E-state index contributed by atoms with van der Waals surface area (Å²) in [5, 5.41) is 11.6. The van der Waals surface area contributed by atoms with Gasteiger partial charge in [-0.2, -0.15) is 0 Å². The standard InChI is InChI=1S/C15H22FNO3/c1-3-12(8-9-18)10-17-15(19)11(2)20-14-7-5-4-6-13(14)16/h4-7,11-12,18H,3,8-10H2,1-2H3,(H,17,19). The summed E-state index contributed by atoms with van der Waals surface area (Å²) in [6.07, 6.45) is 0.765. The number of benzene rings is 1. The highest BCUT2D eigenvalue weighted by Crippen LogP contribution is 2.17. The van der Waals surface area contributed by atoms with Gasteiger partial charge in [-0.3, -0.25) is 4.79 Å². The molecule has 2 N–H and O–H groups in total. The Morgan fingerprint density at radius 2 is 2.15 bits per heavy atom. The van der Waals surface area contributed by atoms with Gasteiger partial charge in [0.05, 0.1) is 0 Å². The monoisotopic (exact) mass is 283 g/mol. The summed E-state index contributed by atoms with van der Waals surface area (Å²) in [7, 11) is 0.